The number of nitrogens with zero attached hydrogens (tertiary/aromatic N) is 1. The molecule has 0 aliphatic heterocycles. The first-order valence-corrected chi connectivity index (χ1v) is 6.97. The van der Waals surface area contributed by atoms with Gasteiger partial charge in [-0.15, -0.1) is 0 Å². The standard InChI is InChI=1S/C9H15N2O4P/c12-9-8(16(13,14)15)6-10-11(9)7-4-2-1-3-5-7/h6-7,10H,1-5H2,(H2,13,14,15). The molecule has 0 bridgehead atoms. The number of aromatic nitrogens is 2. The van der Waals surface area contributed by atoms with Crippen molar-refractivity contribution in [2.24, 2.45) is 0 Å². The third-order valence-corrected chi connectivity index (χ3v) is 3.98. The molecule has 1 saturated carbocycles. The predicted octanol–water partition coefficient (Wildman–Crippen LogP) is 0.485. The Kier molecular flexibility index (Phi) is 3.06. The molecule has 90 valence electrons. The van der Waals surface area contributed by atoms with Gasteiger partial charge in [-0.2, -0.15) is 0 Å². The number of rotatable bonds is 2. The van der Waals surface area contributed by atoms with Gasteiger partial charge in [0.1, 0.15) is 5.30 Å². The van der Waals surface area contributed by atoms with Crippen molar-refractivity contribution in [1.29, 1.82) is 0 Å². The van der Waals surface area contributed by atoms with Crippen molar-refractivity contribution in [3.63, 3.8) is 0 Å². The fraction of sp³-hybridized carbons (Fsp3) is 0.667. The van der Waals surface area contributed by atoms with Gasteiger partial charge in [-0.1, -0.05) is 19.3 Å². The van der Waals surface area contributed by atoms with E-state index >= 15 is 0 Å². The quantitative estimate of drug-likeness (QED) is 0.661. The molecule has 6 nitrogen and oxygen atoms in total. The minimum atomic E-state index is -4.45. The topological polar surface area (TPSA) is 95.3 Å². The fourth-order valence-electron chi connectivity index (χ4n) is 2.19. The molecule has 16 heavy (non-hydrogen) atoms. The van der Waals surface area contributed by atoms with Crippen LogP contribution in [0.3, 0.4) is 0 Å². The van der Waals surface area contributed by atoms with E-state index in [2.05, 4.69) is 5.10 Å². The van der Waals surface area contributed by atoms with Crippen LogP contribution >= 0.6 is 7.60 Å². The second-order valence-corrected chi connectivity index (χ2v) is 5.74. The SMILES string of the molecule is O=c1c(P(=O)(O)O)c[nH]n1C1CCCCC1. The minimum Gasteiger partial charge on any atom is -0.321 e. The highest BCUT2D eigenvalue weighted by atomic mass is 31.2. The van der Waals surface area contributed by atoms with Crippen LogP contribution < -0.4 is 10.9 Å². The largest absolute Gasteiger partial charge is 0.363 e. The Morgan fingerprint density at radius 3 is 2.44 bits per heavy atom. The fourth-order valence-corrected chi connectivity index (χ4v) is 2.78. The Balaban J connectivity index is 2.33. The minimum absolute atomic E-state index is 0.0570. The maximum atomic E-state index is 11.8. The summed E-state index contributed by atoms with van der Waals surface area (Å²) in [6, 6.07) is 0.0570. The third kappa shape index (κ3) is 2.14. The van der Waals surface area contributed by atoms with Crippen LogP contribution in [0.2, 0.25) is 0 Å². The van der Waals surface area contributed by atoms with Crippen molar-refractivity contribution < 1.29 is 14.4 Å². The number of hydrogen-bond acceptors (Lipinski definition) is 2. The highest BCUT2D eigenvalue weighted by Gasteiger charge is 2.27. The predicted molar refractivity (Wildman–Crippen MR) is 58.9 cm³/mol. The average molecular weight is 246 g/mol. The molecule has 1 aliphatic rings. The molecule has 0 radical (unpaired) electrons. The number of aromatic amines is 1. The maximum absolute atomic E-state index is 11.8. The zero-order chi connectivity index (χ0) is 11.8. The van der Waals surface area contributed by atoms with Gasteiger partial charge in [0.05, 0.1) is 6.04 Å². The van der Waals surface area contributed by atoms with Crippen LogP contribution in [0.25, 0.3) is 0 Å². The summed E-state index contributed by atoms with van der Waals surface area (Å²) >= 11 is 0. The molecule has 0 amide bonds. The maximum Gasteiger partial charge on any atom is 0.363 e. The van der Waals surface area contributed by atoms with Crippen LogP contribution in [-0.2, 0) is 4.57 Å². The van der Waals surface area contributed by atoms with Crippen molar-refractivity contribution in [1.82, 2.24) is 9.78 Å². The molecule has 1 heterocycles. The summed E-state index contributed by atoms with van der Waals surface area (Å²) in [4.78, 5) is 29.7. The lowest BCUT2D eigenvalue weighted by Gasteiger charge is -2.21. The van der Waals surface area contributed by atoms with Gasteiger partial charge in [0.15, 0.2) is 0 Å². The van der Waals surface area contributed by atoms with E-state index in [0.717, 1.165) is 38.3 Å². The second kappa shape index (κ2) is 4.20. The molecule has 2 rings (SSSR count). The van der Waals surface area contributed by atoms with E-state index in [1.165, 1.54) is 4.68 Å². The molecular weight excluding hydrogens is 231 g/mol. The molecule has 0 unspecified atom stereocenters. The molecule has 0 saturated heterocycles. The molecule has 7 heteroatoms. The van der Waals surface area contributed by atoms with E-state index < -0.39 is 18.5 Å². The Morgan fingerprint density at radius 1 is 1.31 bits per heavy atom. The summed E-state index contributed by atoms with van der Waals surface area (Å²) in [7, 11) is -4.45. The second-order valence-electron chi connectivity index (χ2n) is 4.17. The van der Waals surface area contributed by atoms with E-state index in [-0.39, 0.29) is 6.04 Å². The van der Waals surface area contributed by atoms with Gasteiger partial charge in [0.25, 0.3) is 5.56 Å². The lowest BCUT2D eigenvalue weighted by Crippen LogP contribution is -2.31. The highest BCUT2D eigenvalue weighted by Crippen LogP contribution is 2.32. The zero-order valence-corrected chi connectivity index (χ0v) is 9.69. The lowest BCUT2D eigenvalue weighted by molar-refractivity contribution is 0.323. The van der Waals surface area contributed by atoms with Crippen molar-refractivity contribution in [3.8, 4) is 0 Å². The summed E-state index contributed by atoms with van der Waals surface area (Å²) in [6.07, 6.45) is 6.18. The molecule has 1 aromatic heterocycles. The summed E-state index contributed by atoms with van der Waals surface area (Å²) < 4.78 is 12.4. The molecule has 0 aromatic carbocycles. The van der Waals surface area contributed by atoms with Crippen molar-refractivity contribution in [3.05, 3.63) is 16.6 Å². The van der Waals surface area contributed by atoms with Gasteiger partial charge in [0.2, 0.25) is 0 Å². The normalized spacial score (nSPS) is 18.9. The smallest absolute Gasteiger partial charge is 0.321 e. The van der Waals surface area contributed by atoms with E-state index in [1.807, 2.05) is 0 Å². The Bertz CT molecular complexity index is 466. The lowest BCUT2D eigenvalue weighted by atomic mass is 9.96. The molecule has 0 atom stereocenters. The van der Waals surface area contributed by atoms with Gasteiger partial charge in [-0.05, 0) is 12.8 Å². The Hall–Kier alpha value is -0.840. The monoisotopic (exact) mass is 246 g/mol. The van der Waals surface area contributed by atoms with Gasteiger partial charge in [-0.3, -0.25) is 9.36 Å². The third-order valence-electron chi connectivity index (χ3n) is 3.03. The van der Waals surface area contributed by atoms with Gasteiger partial charge < -0.3 is 14.9 Å². The zero-order valence-electron chi connectivity index (χ0n) is 8.80. The number of hydrogen-bond donors (Lipinski definition) is 3. The molecule has 1 fully saturated rings. The summed E-state index contributed by atoms with van der Waals surface area (Å²) in [5.74, 6) is 0. The average Bonchev–Trinajstić information content (AvgIpc) is 2.61. The number of H-pyrrole nitrogens is 1. The van der Waals surface area contributed by atoms with Crippen LogP contribution in [0.5, 0.6) is 0 Å². The van der Waals surface area contributed by atoms with Gasteiger partial charge in [0, 0.05) is 6.20 Å². The highest BCUT2D eigenvalue weighted by molar-refractivity contribution is 7.60. The molecule has 0 spiro atoms. The van der Waals surface area contributed by atoms with Crippen LogP contribution in [0, 0.1) is 0 Å². The summed E-state index contributed by atoms with van der Waals surface area (Å²) in [5, 5.41) is 2.23. The molecule has 3 N–H and O–H groups in total. The van der Waals surface area contributed by atoms with Crippen molar-refractivity contribution >= 4 is 12.9 Å². The number of nitrogens with one attached hydrogen (secondary N) is 1. The van der Waals surface area contributed by atoms with Crippen LogP contribution in [0.4, 0.5) is 0 Å². The first-order chi connectivity index (χ1) is 7.50. The first kappa shape index (κ1) is 11.6. The Labute approximate surface area is 92.4 Å². The van der Waals surface area contributed by atoms with E-state index in [1.54, 1.807) is 0 Å². The van der Waals surface area contributed by atoms with E-state index in [9.17, 15) is 9.36 Å². The molecular formula is C9H15N2O4P. The first-order valence-electron chi connectivity index (χ1n) is 5.36. The molecule has 1 aromatic rings. The summed E-state index contributed by atoms with van der Waals surface area (Å²) in [5.41, 5.74) is -0.583. The van der Waals surface area contributed by atoms with Crippen LogP contribution in [0.1, 0.15) is 38.1 Å². The summed E-state index contributed by atoms with van der Waals surface area (Å²) in [6.45, 7) is 0. The van der Waals surface area contributed by atoms with Gasteiger partial charge >= 0.3 is 7.60 Å². The van der Waals surface area contributed by atoms with Crippen molar-refractivity contribution in [2.75, 3.05) is 0 Å². The molecule has 1 aliphatic carbocycles. The van der Waals surface area contributed by atoms with Crippen LogP contribution in [-0.4, -0.2) is 19.6 Å². The van der Waals surface area contributed by atoms with Crippen molar-refractivity contribution in [2.45, 2.75) is 38.1 Å². The van der Waals surface area contributed by atoms with Gasteiger partial charge in [-0.25, -0.2) is 4.68 Å². The Morgan fingerprint density at radius 2 is 1.94 bits per heavy atom. The van der Waals surface area contributed by atoms with Crippen LogP contribution in [0.15, 0.2) is 11.0 Å². The van der Waals surface area contributed by atoms with E-state index in [0.29, 0.717) is 0 Å². The van der Waals surface area contributed by atoms with E-state index in [4.69, 9.17) is 9.79 Å².